The van der Waals surface area contributed by atoms with Crippen molar-refractivity contribution in [3.63, 3.8) is 0 Å². The summed E-state index contributed by atoms with van der Waals surface area (Å²) >= 11 is 5.97. The first-order valence-corrected chi connectivity index (χ1v) is 50.0. The third-order valence-corrected chi connectivity index (χ3v) is 27.6. The maximum atomic E-state index is 6.30. The second kappa shape index (κ2) is 46.8. The van der Waals surface area contributed by atoms with Crippen molar-refractivity contribution in [3.05, 3.63) is 305 Å². The smallest absolute Gasteiger partial charge is 0.258 e. The molecule has 0 spiro atoms. The first-order chi connectivity index (χ1) is 70.9. The molecule has 21 rings (SSSR count). The summed E-state index contributed by atoms with van der Waals surface area (Å²) in [4.78, 5) is 77.2. The van der Waals surface area contributed by atoms with E-state index in [1.807, 2.05) is 57.4 Å². The molecule has 5 aliphatic heterocycles. The Labute approximate surface area is 863 Å². The second-order valence-corrected chi connectivity index (χ2v) is 39.3. The zero-order valence-corrected chi connectivity index (χ0v) is 86.9. The van der Waals surface area contributed by atoms with Gasteiger partial charge in [-0.1, -0.05) is 11.6 Å². The number of hydrogen-bond donors (Lipinski definition) is 6. The molecular weight excluding hydrogens is 1870 g/mol. The van der Waals surface area contributed by atoms with Crippen LogP contribution in [0.15, 0.2) is 178 Å². The lowest BCUT2D eigenvalue weighted by Crippen LogP contribution is -2.27. The zero-order chi connectivity index (χ0) is 103. The van der Waals surface area contributed by atoms with E-state index in [0.717, 1.165) is 201 Å². The zero-order valence-electron chi connectivity index (χ0n) is 86.1. The number of rotatable bonds is 22. The van der Waals surface area contributed by atoms with Crippen molar-refractivity contribution < 1.29 is 33.2 Å². The Morgan fingerprint density at radius 2 is 0.687 bits per heavy atom. The number of fused-ring (bicyclic) bond motifs is 6. The summed E-state index contributed by atoms with van der Waals surface area (Å²) in [6, 6.07) is 31.3. The molecule has 0 saturated heterocycles. The number of aromatic nitrogens is 15. The van der Waals surface area contributed by atoms with Gasteiger partial charge >= 0.3 is 0 Å². The average Bonchev–Trinajstić information content (AvgIpc) is 0.806. The summed E-state index contributed by atoms with van der Waals surface area (Å²) in [6.07, 6.45) is 32.4. The first-order valence-electron chi connectivity index (χ1n) is 49.6. The standard InChI is InChI=1S/C24H29N5O2.C24H27N5O.C22H26N6O.C22H25N5O2.C21H22ClN5O/c1-15(2)31-22-12-26-7-5-17(22)14-30-24-23(25)27-11-21(28-24)18-9-16(3)20-6-8-29(4)13-19(20)10-18;1-15-10-17(11-18-14-29(2)9-7-19(15)18)21-13-27-23(25)24(28-21)30-22-5-3-4-16-12-26-8-6-20(16)22;1-13-8-16(9-17-11-28(3)7-5-18(13)17)19-10-26-21(24)22(27-19)29-12-15-4-6-25-20(23)14(15)2;1-14-8-16(9-17-12-27(2)7-5-18(14)17)19-10-25-21(23)22(26-19)29-13-15-4-6-24-11-20(15)28-3;1-13-5-15(7-16-11-27(2)4-3-18(13)16)19-10-25-20(23)21(26-19)28-12-14-6-17(22)9-24-8-14/h5,7,9-12,15H,6,8,13-14H2,1-4H3,(H2,25,27);6,8,10-13,22H,3-5,7,9,14H2,1-2H3,(H2,25,27);4,6,8-10H,5,7,11-12H2,1-3H3,(H2,23,25)(H2,24,26);4,6,8-11H,5,7,12-13H2,1-3H3,(H2,23,25);5-10H,3-4,11-12H2,1-2H3,(H2,23,25). The van der Waals surface area contributed by atoms with Gasteiger partial charge < -0.3 is 92.1 Å². The van der Waals surface area contributed by atoms with Gasteiger partial charge in [-0.2, -0.15) is 0 Å². The first kappa shape index (κ1) is 103. The van der Waals surface area contributed by atoms with Crippen LogP contribution in [-0.2, 0) is 97.7 Å². The fourth-order valence-corrected chi connectivity index (χ4v) is 19.7. The summed E-state index contributed by atoms with van der Waals surface area (Å²) in [5.74, 6) is 4.89. The van der Waals surface area contributed by atoms with Gasteiger partial charge in [-0.15, -0.1) is 0 Å². The lowest BCUT2D eigenvalue weighted by molar-refractivity contribution is 0.176. The van der Waals surface area contributed by atoms with Crippen LogP contribution in [0.3, 0.4) is 0 Å². The second-order valence-electron chi connectivity index (χ2n) is 38.9. The maximum absolute atomic E-state index is 6.30. The molecule has 15 aromatic rings. The number of benzene rings is 5. The SMILES string of the molecule is COc1cnccc1COc1nc(-c2cc(C)c3c(c2)CN(C)CC3)cnc1N.Cc1cc(-c2cnc(N)c(OC3CCCc4cnccc43)n2)cc2c1CCN(C)C2.Cc1cc(-c2cnc(N)c(OCc3ccnc(N)c3C)n2)cc2c1CCN(C)C2.Cc1cc(-c2cnc(N)c(OCc3ccncc3OC(C)C)n2)cc2c1CCN(C)C2.Cc1cc(-c2cnc(N)c(OCc3cncc(Cl)c3)n2)cc2c1CCN(C)C2. The van der Waals surface area contributed by atoms with E-state index in [0.29, 0.717) is 64.2 Å². The molecule has 1 unspecified atom stereocenters. The van der Waals surface area contributed by atoms with Crippen molar-refractivity contribution in [3.8, 4) is 97.2 Å². The molecular formula is C113H129ClN26O7. The number of methoxy groups -OCH3 is 1. The predicted octanol–water partition coefficient (Wildman–Crippen LogP) is 17.2. The van der Waals surface area contributed by atoms with Crippen LogP contribution in [0.5, 0.6) is 40.9 Å². The van der Waals surface area contributed by atoms with Crippen molar-refractivity contribution in [2.75, 3.05) is 109 Å². The number of ether oxygens (including phenoxy) is 7. The molecule has 0 fully saturated rings. The van der Waals surface area contributed by atoms with Crippen molar-refractivity contribution in [2.45, 2.75) is 178 Å². The molecule has 12 N–H and O–H groups in total. The van der Waals surface area contributed by atoms with E-state index in [2.05, 4.69) is 225 Å². The number of pyridine rings is 5. The minimum Gasteiger partial charge on any atom is -0.495 e. The summed E-state index contributed by atoms with van der Waals surface area (Å²) in [5, 5.41) is 0.559. The Morgan fingerprint density at radius 1 is 0.347 bits per heavy atom. The largest absolute Gasteiger partial charge is 0.495 e. The molecule has 0 amide bonds. The summed E-state index contributed by atoms with van der Waals surface area (Å²) < 4.78 is 40.9. The van der Waals surface area contributed by atoms with Gasteiger partial charge in [-0.3, -0.25) is 19.9 Å². The predicted molar refractivity (Wildman–Crippen MR) is 575 cm³/mol. The molecule has 33 nitrogen and oxygen atoms in total. The van der Waals surface area contributed by atoms with Crippen LogP contribution in [0, 0.1) is 41.5 Å². The van der Waals surface area contributed by atoms with Gasteiger partial charge in [0.1, 0.15) is 49.8 Å². The van der Waals surface area contributed by atoms with Gasteiger partial charge in [0.15, 0.2) is 29.1 Å². The highest BCUT2D eigenvalue weighted by Gasteiger charge is 2.29. The molecule has 760 valence electrons. The van der Waals surface area contributed by atoms with Crippen molar-refractivity contribution >= 4 is 46.5 Å². The number of hydrogen-bond acceptors (Lipinski definition) is 33. The highest BCUT2D eigenvalue weighted by Crippen LogP contribution is 2.41. The number of aryl methyl sites for hydroxylation is 6. The van der Waals surface area contributed by atoms with Crippen LogP contribution < -0.4 is 67.6 Å². The van der Waals surface area contributed by atoms with Crippen molar-refractivity contribution in [2.24, 2.45) is 0 Å². The van der Waals surface area contributed by atoms with E-state index in [4.69, 9.17) is 84.1 Å². The van der Waals surface area contributed by atoms with Gasteiger partial charge in [0, 0.05) is 153 Å². The van der Waals surface area contributed by atoms with E-state index in [9.17, 15) is 0 Å². The fraction of sp³-hybridized carbons (Fsp3) is 0.336. The van der Waals surface area contributed by atoms with Gasteiger partial charge in [0.2, 0.25) is 0 Å². The normalized spacial score (nSPS) is 14.8. The third kappa shape index (κ3) is 25.5. The number of anilines is 6. The van der Waals surface area contributed by atoms with Crippen LogP contribution in [0.25, 0.3) is 56.3 Å². The molecule has 0 saturated carbocycles. The highest BCUT2D eigenvalue weighted by molar-refractivity contribution is 6.30. The van der Waals surface area contributed by atoms with E-state index < -0.39 is 0 Å². The monoisotopic (exact) mass is 2000 g/mol. The Balaban J connectivity index is 0.000000126. The Morgan fingerprint density at radius 3 is 1.07 bits per heavy atom. The van der Waals surface area contributed by atoms with E-state index in [1.165, 1.54) is 94.6 Å². The van der Waals surface area contributed by atoms with Gasteiger partial charge in [-0.25, -0.2) is 54.8 Å². The summed E-state index contributed by atoms with van der Waals surface area (Å²) in [7, 11) is 12.4. The molecule has 6 aliphatic rings. The summed E-state index contributed by atoms with van der Waals surface area (Å²) in [5.41, 5.74) is 72.3. The Kier molecular flexibility index (Phi) is 32.9. The maximum Gasteiger partial charge on any atom is 0.258 e. The molecule has 0 radical (unpaired) electrons. The Hall–Kier alpha value is -15.3. The minimum absolute atomic E-state index is 0.0439. The summed E-state index contributed by atoms with van der Waals surface area (Å²) in [6.45, 7) is 28.0. The van der Waals surface area contributed by atoms with Crippen LogP contribution in [-0.4, -0.2) is 180 Å². The molecule has 0 bridgehead atoms. The van der Waals surface area contributed by atoms with E-state index >= 15 is 0 Å². The van der Waals surface area contributed by atoms with Crippen LogP contribution >= 0.6 is 11.6 Å². The highest BCUT2D eigenvalue weighted by atomic mass is 35.5. The quantitative estimate of drug-likeness (QED) is 0.0367. The van der Waals surface area contributed by atoms with E-state index in [-0.39, 0.29) is 55.3 Å². The van der Waals surface area contributed by atoms with Crippen molar-refractivity contribution in [1.29, 1.82) is 0 Å². The topological polar surface area (TPSA) is 430 Å². The van der Waals surface area contributed by atoms with Crippen molar-refractivity contribution in [1.82, 2.24) is 99.3 Å². The van der Waals surface area contributed by atoms with E-state index in [1.54, 1.807) is 87.5 Å². The van der Waals surface area contributed by atoms with Gasteiger partial charge in [0.25, 0.3) is 29.4 Å². The Bertz CT molecular complexity index is 7280. The lowest BCUT2D eigenvalue weighted by Gasteiger charge is -2.27. The van der Waals surface area contributed by atoms with Gasteiger partial charge in [0.05, 0.1) is 90.1 Å². The number of nitrogens with zero attached hydrogens (tertiary/aromatic N) is 20. The number of nitrogen functional groups attached to an aromatic ring is 6. The molecule has 1 atom stereocenters. The molecule has 15 heterocycles. The molecule has 5 aromatic carbocycles. The van der Waals surface area contributed by atoms with Crippen LogP contribution in [0.2, 0.25) is 5.02 Å². The number of likely N-dealkylation sites (N-methyl/N-ethyl adjacent to an activating group) is 5. The average molecular weight is 2000 g/mol. The number of nitrogens with two attached hydrogens (primary N) is 6. The number of halogens is 1. The molecule has 10 aromatic heterocycles. The van der Waals surface area contributed by atoms with Crippen LogP contribution in [0.1, 0.15) is 155 Å². The lowest BCUT2D eigenvalue weighted by atomic mass is 9.91. The third-order valence-electron chi connectivity index (χ3n) is 27.4. The van der Waals surface area contributed by atoms with Gasteiger partial charge in [-0.05, 0) is 339 Å². The molecule has 147 heavy (non-hydrogen) atoms. The van der Waals surface area contributed by atoms with Crippen LogP contribution in [0.4, 0.5) is 34.9 Å². The fourth-order valence-electron chi connectivity index (χ4n) is 19.5. The molecule has 1 aliphatic carbocycles. The minimum atomic E-state index is -0.0671. The molecule has 34 heteroatoms.